The van der Waals surface area contributed by atoms with Crippen molar-refractivity contribution in [1.82, 2.24) is 9.97 Å². The summed E-state index contributed by atoms with van der Waals surface area (Å²) < 4.78 is 46.8. The van der Waals surface area contributed by atoms with Crippen LogP contribution in [0.15, 0.2) is 67.0 Å². The Labute approximate surface area is 252 Å². The van der Waals surface area contributed by atoms with Crippen LogP contribution in [0.4, 0.5) is 19.1 Å². The number of alkyl halides is 3. The second-order valence-corrected chi connectivity index (χ2v) is 11.3. The summed E-state index contributed by atoms with van der Waals surface area (Å²) in [6, 6.07) is 17.0. The quantitative estimate of drug-likeness (QED) is 0.130. The summed E-state index contributed by atoms with van der Waals surface area (Å²) in [4.78, 5) is 14.3. The zero-order valence-electron chi connectivity index (χ0n) is 25.3. The van der Waals surface area contributed by atoms with Gasteiger partial charge in [0, 0.05) is 13.1 Å². The summed E-state index contributed by atoms with van der Waals surface area (Å²) >= 11 is 0. The third-order valence-corrected chi connectivity index (χ3v) is 7.26. The molecule has 0 aliphatic heterocycles. The molecule has 4 rings (SSSR count). The van der Waals surface area contributed by atoms with Gasteiger partial charge in [-0.05, 0) is 72.2 Å². The van der Waals surface area contributed by atoms with E-state index in [2.05, 4.69) is 72.0 Å². The summed E-state index contributed by atoms with van der Waals surface area (Å²) in [5.41, 5.74) is 7.05. The average molecular weight is 587 g/mol. The van der Waals surface area contributed by atoms with E-state index in [4.69, 9.17) is 11.3 Å². The van der Waals surface area contributed by atoms with E-state index >= 15 is 0 Å². The van der Waals surface area contributed by atoms with E-state index in [0.29, 0.717) is 54.9 Å². The first-order chi connectivity index (χ1) is 20.4. The van der Waals surface area contributed by atoms with Crippen molar-refractivity contribution in [3.8, 4) is 16.9 Å². The molecule has 0 saturated heterocycles. The van der Waals surface area contributed by atoms with E-state index in [0.717, 1.165) is 33.9 Å². The van der Waals surface area contributed by atoms with Crippen LogP contribution in [0.1, 0.15) is 65.1 Å². The Morgan fingerprint density at radius 3 is 2.30 bits per heavy atom. The molecule has 0 saturated carbocycles. The van der Waals surface area contributed by atoms with Crippen LogP contribution in [0.3, 0.4) is 0 Å². The van der Waals surface area contributed by atoms with Crippen molar-refractivity contribution in [3.05, 3.63) is 117 Å². The second kappa shape index (κ2) is 13.7. The van der Waals surface area contributed by atoms with Crippen molar-refractivity contribution in [1.29, 1.82) is 0 Å². The van der Waals surface area contributed by atoms with Crippen LogP contribution in [-0.2, 0) is 19.3 Å². The zero-order valence-corrected chi connectivity index (χ0v) is 25.3. The normalized spacial score (nSPS) is 11.4. The molecule has 0 amide bonds. The fourth-order valence-corrected chi connectivity index (χ4v) is 5.03. The van der Waals surface area contributed by atoms with Crippen molar-refractivity contribution in [2.75, 3.05) is 18.1 Å². The van der Waals surface area contributed by atoms with E-state index < -0.39 is 11.7 Å². The van der Waals surface area contributed by atoms with Gasteiger partial charge in [0.1, 0.15) is 0 Å². The average Bonchev–Trinajstić information content (AvgIpc) is 2.95. The summed E-state index contributed by atoms with van der Waals surface area (Å²) in [6.45, 7) is 18.3. The number of benzene rings is 3. The molecule has 0 aliphatic rings. The van der Waals surface area contributed by atoms with Crippen LogP contribution in [0.25, 0.3) is 16.0 Å². The van der Waals surface area contributed by atoms with E-state index in [9.17, 15) is 13.2 Å². The third-order valence-electron chi connectivity index (χ3n) is 7.26. The van der Waals surface area contributed by atoms with Gasteiger partial charge in [-0.25, -0.2) is 16.5 Å². The van der Waals surface area contributed by atoms with Gasteiger partial charge in [-0.2, -0.15) is 13.2 Å². The maximum absolute atomic E-state index is 13.7. The first kappa shape index (κ1) is 31.6. The van der Waals surface area contributed by atoms with Gasteiger partial charge in [-0.1, -0.05) is 67.4 Å². The number of ether oxygens (including phenoxy) is 1. The first-order valence-electron chi connectivity index (χ1n) is 14.4. The van der Waals surface area contributed by atoms with Gasteiger partial charge >= 0.3 is 6.18 Å². The molecule has 0 spiro atoms. The highest BCUT2D eigenvalue weighted by Crippen LogP contribution is 2.34. The standard InChI is InChI=1S/C35H37F3N4O/c1-23(2)28-10-9-26(5)33(18-28)32-11-8-24(3)15-29(32)22-42(21-27-14-25(4)16-30(17-27)35(36,37)38)34-40-19-31(20-41-34)43-13-7-12-39-6/h8-11,14-20,23H,7,12-13,21-22H2,1-5H3. The minimum absolute atomic E-state index is 0.175. The lowest BCUT2D eigenvalue weighted by Crippen LogP contribution is -2.25. The number of hydrogen-bond acceptors (Lipinski definition) is 4. The van der Waals surface area contributed by atoms with E-state index in [1.807, 2.05) is 11.8 Å². The molecule has 4 aromatic rings. The molecule has 0 fully saturated rings. The molecule has 3 aromatic carbocycles. The maximum atomic E-state index is 13.7. The monoisotopic (exact) mass is 586 g/mol. The van der Waals surface area contributed by atoms with Gasteiger partial charge in [-0.15, -0.1) is 0 Å². The Kier molecular flexibility index (Phi) is 10.1. The van der Waals surface area contributed by atoms with Crippen molar-refractivity contribution >= 4 is 5.95 Å². The molecule has 1 heterocycles. The minimum atomic E-state index is -4.45. The maximum Gasteiger partial charge on any atom is 0.416 e. The van der Waals surface area contributed by atoms with E-state index in [1.54, 1.807) is 25.4 Å². The number of hydrogen-bond donors (Lipinski definition) is 0. The number of aryl methyl sites for hydroxylation is 3. The Bertz CT molecular complexity index is 1590. The van der Waals surface area contributed by atoms with Gasteiger partial charge in [0.25, 0.3) is 0 Å². The van der Waals surface area contributed by atoms with Crippen LogP contribution in [0.2, 0.25) is 0 Å². The predicted octanol–water partition coefficient (Wildman–Crippen LogP) is 9.11. The molecular weight excluding hydrogens is 549 g/mol. The van der Waals surface area contributed by atoms with Gasteiger partial charge < -0.3 is 14.5 Å². The highest BCUT2D eigenvalue weighted by Gasteiger charge is 2.31. The Morgan fingerprint density at radius 2 is 1.63 bits per heavy atom. The smallest absolute Gasteiger partial charge is 0.416 e. The van der Waals surface area contributed by atoms with Crippen molar-refractivity contribution in [2.24, 2.45) is 0 Å². The zero-order chi connectivity index (χ0) is 31.1. The molecule has 0 aliphatic carbocycles. The van der Waals surface area contributed by atoms with Gasteiger partial charge in [0.2, 0.25) is 12.5 Å². The molecule has 0 radical (unpaired) electrons. The number of rotatable bonds is 11. The molecule has 0 N–H and O–H groups in total. The lowest BCUT2D eigenvalue weighted by atomic mass is 9.90. The number of aromatic nitrogens is 2. The van der Waals surface area contributed by atoms with Crippen molar-refractivity contribution in [3.63, 3.8) is 0 Å². The molecule has 1 aromatic heterocycles. The van der Waals surface area contributed by atoms with Crippen LogP contribution < -0.4 is 9.64 Å². The van der Waals surface area contributed by atoms with Crippen LogP contribution in [-0.4, -0.2) is 23.1 Å². The summed E-state index contributed by atoms with van der Waals surface area (Å²) in [6.07, 6.45) is -0.715. The minimum Gasteiger partial charge on any atom is -0.490 e. The SMILES string of the molecule is [C-]#[N+]CCCOc1cnc(N(Cc2cc(C)cc(C(F)(F)F)c2)Cc2cc(C)ccc2-c2cc(C(C)C)ccc2C)nc1. The summed E-state index contributed by atoms with van der Waals surface area (Å²) in [7, 11) is 0. The predicted molar refractivity (Wildman–Crippen MR) is 165 cm³/mol. The topological polar surface area (TPSA) is 42.6 Å². The molecule has 5 nitrogen and oxygen atoms in total. The molecule has 224 valence electrons. The van der Waals surface area contributed by atoms with Crippen molar-refractivity contribution in [2.45, 2.75) is 66.2 Å². The highest BCUT2D eigenvalue weighted by atomic mass is 19.4. The fourth-order valence-electron chi connectivity index (χ4n) is 5.03. The molecular formula is C35H37F3N4O. The molecule has 0 bridgehead atoms. The summed E-state index contributed by atoms with van der Waals surface area (Å²) in [5, 5.41) is 0. The molecule has 0 atom stereocenters. The van der Waals surface area contributed by atoms with Gasteiger partial charge in [0.05, 0.1) is 31.0 Å². The van der Waals surface area contributed by atoms with Crippen LogP contribution >= 0.6 is 0 Å². The Morgan fingerprint density at radius 1 is 0.884 bits per heavy atom. The number of halogens is 3. The Balaban J connectivity index is 1.75. The molecule has 43 heavy (non-hydrogen) atoms. The molecule has 0 unspecified atom stereocenters. The first-order valence-corrected chi connectivity index (χ1v) is 14.4. The second-order valence-electron chi connectivity index (χ2n) is 11.3. The Hall–Kier alpha value is -4.38. The lowest BCUT2D eigenvalue weighted by Gasteiger charge is -2.26. The largest absolute Gasteiger partial charge is 0.490 e. The third kappa shape index (κ3) is 8.35. The van der Waals surface area contributed by atoms with Gasteiger partial charge in [-0.3, -0.25) is 0 Å². The van der Waals surface area contributed by atoms with Crippen LogP contribution in [0, 0.1) is 27.3 Å². The van der Waals surface area contributed by atoms with E-state index in [-0.39, 0.29) is 6.54 Å². The van der Waals surface area contributed by atoms with Gasteiger partial charge in [0.15, 0.2) is 5.75 Å². The molecule has 8 heteroatoms. The van der Waals surface area contributed by atoms with Crippen LogP contribution in [0.5, 0.6) is 5.75 Å². The fraction of sp³-hybridized carbons (Fsp3) is 0.343. The van der Waals surface area contributed by atoms with E-state index in [1.165, 1.54) is 11.6 Å². The number of nitrogens with zero attached hydrogens (tertiary/aromatic N) is 4. The lowest BCUT2D eigenvalue weighted by molar-refractivity contribution is -0.137. The highest BCUT2D eigenvalue weighted by molar-refractivity contribution is 5.72. The van der Waals surface area contributed by atoms with Crippen molar-refractivity contribution < 1.29 is 17.9 Å². The summed E-state index contributed by atoms with van der Waals surface area (Å²) in [5.74, 6) is 1.22. The number of anilines is 1.